The summed E-state index contributed by atoms with van der Waals surface area (Å²) < 4.78 is 9.33. The molecular formula is C7H14N2O4. The molecular weight excluding hydrogens is 176 g/mol. The van der Waals surface area contributed by atoms with E-state index in [0.717, 1.165) is 6.42 Å². The third-order valence-corrected chi connectivity index (χ3v) is 1.29. The first-order valence-corrected chi connectivity index (χ1v) is 3.89. The number of ether oxygens (including phenoxy) is 2. The Hall–Kier alpha value is -1.14. The van der Waals surface area contributed by atoms with Gasteiger partial charge in [-0.2, -0.15) is 0 Å². The van der Waals surface area contributed by atoms with Crippen LogP contribution in [0.3, 0.4) is 0 Å². The second kappa shape index (κ2) is 7.51. The number of unbranched alkanes of at least 4 members (excludes halogenated alkanes) is 1. The van der Waals surface area contributed by atoms with Gasteiger partial charge in [-0.05, 0) is 12.8 Å². The minimum absolute atomic E-state index is 0.204. The van der Waals surface area contributed by atoms with Crippen LogP contribution >= 0.6 is 0 Å². The summed E-state index contributed by atoms with van der Waals surface area (Å²) in [5, 5.41) is 0. The standard InChI is InChI=1S/C7H14N2O4/c1-12-4-2-3-5-13-7(11)6(10)9-8/h2-5,8H2,1H3,(H,9,10). The molecule has 0 aromatic carbocycles. The molecule has 1 amide bonds. The van der Waals surface area contributed by atoms with Crippen LogP contribution in [0.1, 0.15) is 12.8 Å². The van der Waals surface area contributed by atoms with Gasteiger partial charge in [0, 0.05) is 13.7 Å². The molecule has 6 nitrogen and oxygen atoms in total. The van der Waals surface area contributed by atoms with Gasteiger partial charge in [-0.3, -0.25) is 10.2 Å². The van der Waals surface area contributed by atoms with Crippen LogP contribution < -0.4 is 11.3 Å². The van der Waals surface area contributed by atoms with Crippen LogP contribution in [0.25, 0.3) is 0 Å². The molecule has 0 aromatic rings. The average Bonchev–Trinajstić information content (AvgIpc) is 2.16. The predicted molar refractivity (Wildman–Crippen MR) is 44.4 cm³/mol. The number of carbonyl (C=O) groups is 2. The number of esters is 1. The Labute approximate surface area is 76.3 Å². The molecule has 0 aliphatic carbocycles. The molecule has 0 spiro atoms. The zero-order valence-electron chi connectivity index (χ0n) is 7.54. The lowest BCUT2D eigenvalue weighted by atomic mass is 10.3. The van der Waals surface area contributed by atoms with Crippen molar-refractivity contribution in [3.8, 4) is 0 Å². The lowest BCUT2D eigenvalue weighted by Gasteiger charge is -2.02. The molecule has 0 bridgehead atoms. The molecule has 0 rings (SSSR count). The largest absolute Gasteiger partial charge is 0.459 e. The van der Waals surface area contributed by atoms with Crippen LogP contribution in [0.15, 0.2) is 0 Å². The lowest BCUT2D eigenvalue weighted by Crippen LogP contribution is -2.37. The van der Waals surface area contributed by atoms with E-state index in [4.69, 9.17) is 10.6 Å². The van der Waals surface area contributed by atoms with E-state index in [1.807, 2.05) is 0 Å². The second-order valence-electron chi connectivity index (χ2n) is 2.31. The van der Waals surface area contributed by atoms with Gasteiger partial charge in [0.05, 0.1) is 6.61 Å². The van der Waals surface area contributed by atoms with Crippen LogP contribution in [0.4, 0.5) is 0 Å². The zero-order valence-corrected chi connectivity index (χ0v) is 7.54. The highest BCUT2D eigenvalue weighted by atomic mass is 16.5. The van der Waals surface area contributed by atoms with E-state index in [9.17, 15) is 9.59 Å². The Balaban J connectivity index is 3.32. The first-order chi connectivity index (χ1) is 6.22. The number of nitrogens with two attached hydrogens (primary N) is 1. The van der Waals surface area contributed by atoms with Crippen LogP contribution in [0.2, 0.25) is 0 Å². The van der Waals surface area contributed by atoms with Gasteiger partial charge in [0.25, 0.3) is 0 Å². The Morgan fingerprint density at radius 2 is 1.92 bits per heavy atom. The van der Waals surface area contributed by atoms with Crippen LogP contribution in [0.5, 0.6) is 0 Å². The van der Waals surface area contributed by atoms with Gasteiger partial charge in [-0.15, -0.1) is 0 Å². The molecule has 0 aromatic heterocycles. The average molecular weight is 190 g/mol. The van der Waals surface area contributed by atoms with Crippen molar-refractivity contribution in [1.82, 2.24) is 5.43 Å². The van der Waals surface area contributed by atoms with Crippen LogP contribution in [0, 0.1) is 0 Å². The lowest BCUT2D eigenvalue weighted by molar-refractivity contribution is -0.155. The Bertz CT molecular complexity index is 172. The zero-order chi connectivity index (χ0) is 10.1. The molecule has 0 atom stereocenters. The smallest absolute Gasteiger partial charge is 0.398 e. The first kappa shape index (κ1) is 11.9. The number of hydrazine groups is 1. The van der Waals surface area contributed by atoms with Crippen molar-refractivity contribution in [2.24, 2.45) is 5.84 Å². The van der Waals surface area contributed by atoms with Gasteiger partial charge in [0.2, 0.25) is 0 Å². The number of rotatable bonds is 5. The summed E-state index contributed by atoms with van der Waals surface area (Å²) >= 11 is 0. The van der Waals surface area contributed by atoms with E-state index in [2.05, 4.69) is 4.74 Å². The molecule has 6 heteroatoms. The molecule has 0 aliphatic rings. The number of hydrogen-bond acceptors (Lipinski definition) is 5. The van der Waals surface area contributed by atoms with Gasteiger partial charge in [-0.25, -0.2) is 10.6 Å². The summed E-state index contributed by atoms with van der Waals surface area (Å²) in [7, 11) is 1.59. The van der Waals surface area contributed by atoms with E-state index in [1.54, 1.807) is 12.5 Å². The third kappa shape index (κ3) is 6.06. The summed E-state index contributed by atoms with van der Waals surface area (Å²) in [5.41, 5.74) is 1.68. The number of nitrogens with one attached hydrogen (secondary N) is 1. The topological polar surface area (TPSA) is 90.6 Å². The Morgan fingerprint density at radius 1 is 1.31 bits per heavy atom. The van der Waals surface area contributed by atoms with Crippen molar-refractivity contribution in [3.05, 3.63) is 0 Å². The van der Waals surface area contributed by atoms with Crippen molar-refractivity contribution in [2.45, 2.75) is 12.8 Å². The summed E-state index contributed by atoms with van der Waals surface area (Å²) in [6.45, 7) is 0.816. The summed E-state index contributed by atoms with van der Waals surface area (Å²) in [5.74, 6) is 2.81. The molecule has 0 aliphatic heterocycles. The van der Waals surface area contributed by atoms with Crippen molar-refractivity contribution in [2.75, 3.05) is 20.3 Å². The number of hydrogen-bond donors (Lipinski definition) is 2. The molecule has 0 fully saturated rings. The van der Waals surface area contributed by atoms with Gasteiger partial charge in [0.15, 0.2) is 0 Å². The van der Waals surface area contributed by atoms with E-state index in [0.29, 0.717) is 13.0 Å². The van der Waals surface area contributed by atoms with Crippen LogP contribution in [-0.4, -0.2) is 32.2 Å². The molecule has 0 unspecified atom stereocenters. The van der Waals surface area contributed by atoms with Gasteiger partial charge >= 0.3 is 11.9 Å². The fourth-order valence-electron chi connectivity index (χ4n) is 0.638. The highest BCUT2D eigenvalue weighted by molar-refractivity contribution is 6.32. The minimum atomic E-state index is -0.958. The number of methoxy groups -OCH3 is 1. The molecule has 0 saturated carbocycles. The molecule has 13 heavy (non-hydrogen) atoms. The maximum atomic E-state index is 10.7. The quantitative estimate of drug-likeness (QED) is 0.144. The van der Waals surface area contributed by atoms with Gasteiger partial charge < -0.3 is 9.47 Å². The van der Waals surface area contributed by atoms with Crippen molar-refractivity contribution < 1.29 is 19.1 Å². The summed E-state index contributed by atoms with van der Waals surface area (Å²) in [6.07, 6.45) is 1.45. The van der Waals surface area contributed by atoms with Crippen molar-refractivity contribution >= 4 is 11.9 Å². The molecule has 76 valence electrons. The maximum Gasteiger partial charge on any atom is 0.398 e. The monoisotopic (exact) mass is 190 g/mol. The molecule has 0 heterocycles. The molecule has 3 N–H and O–H groups in total. The first-order valence-electron chi connectivity index (χ1n) is 3.89. The Morgan fingerprint density at radius 3 is 2.46 bits per heavy atom. The normalized spacial score (nSPS) is 9.38. The molecule has 0 radical (unpaired) electrons. The fourth-order valence-corrected chi connectivity index (χ4v) is 0.638. The van der Waals surface area contributed by atoms with E-state index in [-0.39, 0.29) is 6.61 Å². The van der Waals surface area contributed by atoms with E-state index < -0.39 is 11.9 Å². The van der Waals surface area contributed by atoms with Crippen molar-refractivity contribution in [1.29, 1.82) is 0 Å². The minimum Gasteiger partial charge on any atom is -0.459 e. The van der Waals surface area contributed by atoms with Crippen LogP contribution in [-0.2, 0) is 19.1 Å². The summed E-state index contributed by atoms with van der Waals surface area (Å²) in [6, 6.07) is 0. The summed E-state index contributed by atoms with van der Waals surface area (Å²) in [4.78, 5) is 21.2. The van der Waals surface area contributed by atoms with Gasteiger partial charge in [0.1, 0.15) is 0 Å². The highest BCUT2D eigenvalue weighted by Gasteiger charge is 2.12. The Kier molecular flexibility index (Phi) is 6.85. The van der Waals surface area contributed by atoms with Crippen molar-refractivity contribution in [3.63, 3.8) is 0 Å². The predicted octanol–water partition coefficient (Wildman–Crippen LogP) is -1.05. The number of amides is 1. The van der Waals surface area contributed by atoms with E-state index >= 15 is 0 Å². The fraction of sp³-hybridized carbons (Fsp3) is 0.714. The third-order valence-electron chi connectivity index (χ3n) is 1.29. The van der Waals surface area contributed by atoms with Gasteiger partial charge in [-0.1, -0.05) is 0 Å². The second-order valence-corrected chi connectivity index (χ2v) is 2.31. The highest BCUT2D eigenvalue weighted by Crippen LogP contribution is 1.90. The molecule has 0 saturated heterocycles. The number of carbonyl (C=O) groups excluding carboxylic acids is 2. The SMILES string of the molecule is COCCCCOC(=O)C(=O)NN. The van der Waals surface area contributed by atoms with E-state index in [1.165, 1.54) is 0 Å². The maximum absolute atomic E-state index is 10.7.